The van der Waals surface area contributed by atoms with Crippen LogP contribution in [0.3, 0.4) is 0 Å². The lowest BCUT2D eigenvalue weighted by molar-refractivity contribution is 0.199. The Hall–Kier alpha value is -0.450. The van der Waals surface area contributed by atoms with E-state index in [4.69, 9.17) is 0 Å². The summed E-state index contributed by atoms with van der Waals surface area (Å²) in [6, 6.07) is 5.21. The molecule has 0 aliphatic carbocycles. The Bertz CT molecular complexity index is 419. The van der Waals surface area contributed by atoms with Gasteiger partial charge in [-0.05, 0) is 63.0 Å². The standard InChI is InChI=1S/C16H24BrFN2/c1-2-8-20(11-13-4-3-7-19-10-13)12-14-9-15(17)5-6-16(14)18/h5-6,9,13,19H,2-4,7-8,10-12H2,1H3. The Kier molecular flexibility index (Phi) is 6.46. The summed E-state index contributed by atoms with van der Waals surface area (Å²) in [6.07, 6.45) is 3.65. The highest BCUT2D eigenvalue weighted by Crippen LogP contribution is 2.19. The number of benzene rings is 1. The molecule has 1 heterocycles. The SMILES string of the molecule is CCCN(Cc1cc(Br)ccc1F)CC1CCCNC1. The Morgan fingerprint density at radius 1 is 1.45 bits per heavy atom. The lowest BCUT2D eigenvalue weighted by Crippen LogP contribution is -2.38. The van der Waals surface area contributed by atoms with Crippen molar-refractivity contribution in [3.05, 3.63) is 34.1 Å². The molecule has 1 aromatic rings. The van der Waals surface area contributed by atoms with E-state index in [1.807, 2.05) is 6.07 Å². The van der Waals surface area contributed by atoms with Gasteiger partial charge >= 0.3 is 0 Å². The lowest BCUT2D eigenvalue weighted by Gasteiger charge is -2.30. The lowest BCUT2D eigenvalue weighted by atomic mass is 9.98. The second-order valence-electron chi connectivity index (χ2n) is 5.68. The molecule has 1 aliphatic rings. The molecule has 2 nitrogen and oxygen atoms in total. The predicted molar refractivity (Wildman–Crippen MR) is 85.3 cm³/mol. The van der Waals surface area contributed by atoms with E-state index >= 15 is 0 Å². The number of nitrogens with zero attached hydrogens (tertiary/aromatic N) is 1. The summed E-state index contributed by atoms with van der Waals surface area (Å²) in [6.45, 7) is 7.22. The van der Waals surface area contributed by atoms with Crippen LogP contribution in [0, 0.1) is 11.7 Å². The molecule has 1 aromatic carbocycles. The fourth-order valence-corrected chi connectivity index (χ4v) is 3.31. The van der Waals surface area contributed by atoms with Crippen molar-refractivity contribution in [1.82, 2.24) is 10.2 Å². The fourth-order valence-electron chi connectivity index (χ4n) is 2.90. The molecule has 20 heavy (non-hydrogen) atoms. The van der Waals surface area contributed by atoms with Crippen molar-refractivity contribution in [3.8, 4) is 0 Å². The maximum Gasteiger partial charge on any atom is 0.127 e. The summed E-state index contributed by atoms with van der Waals surface area (Å²) in [4.78, 5) is 2.39. The Morgan fingerprint density at radius 2 is 2.30 bits per heavy atom. The first-order chi connectivity index (χ1) is 9.69. The van der Waals surface area contributed by atoms with Crippen LogP contribution in [-0.4, -0.2) is 31.1 Å². The van der Waals surface area contributed by atoms with Crippen molar-refractivity contribution < 1.29 is 4.39 Å². The molecule has 2 rings (SSSR count). The summed E-state index contributed by atoms with van der Waals surface area (Å²) in [5, 5.41) is 3.46. The Labute approximate surface area is 129 Å². The highest BCUT2D eigenvalue weighted by molar-refractivity contribution is 9.10. The molecule has 0 saturated carbocycles. The van der Waals surface area contributed by atoms with Crippen LogP contribution in [-0.2, 0) is 6.54 Å². The highest BCUT2D eigenvalue weighted by atomic mass is 79.9. The van der Waals surface area contributed by atoms with Crippen LogP contribution in [0.5, 0.6) is 0 Å². The van der Waals surface area contributed by atoms with Gasteiger partial charge in [0.15, 0.2) is 0 Å². The number of nitrogens with one attached hydrogen (secondary N) is 1. The molecule has 1 atom stereocenters. The number of piperidine rings is 1. The quantitative estimate of drug-likeness (QED) is 0.845. The van der Waals surface area contributed by atoms with Gasteiger partial charge in [-0.2, -0.15) is 0 Å². The first kappa shape index (κ1) is 15.9. The van der Waals surface area contributed by atoms with Crippen molar-refractivity contribution in [1.29, 1.82) is 0 Å². The van der Waals surface area contributed by atoms with Gasteiger partial charge in [-0.1, -0.05) is 22.9 Å². The number of hydrogen-bond donors (Lipinski definition) is 1. The third-order valence-electron chi connectivity index (χ3n) is 3.86. The average molecular weight is 343 g/mol. The van der Waals surface area contributed by atoms with Crippen molar-refractivity contribution in [3.63, 3.8) is 0 Å². The average Bonchev–Trinajstić information content (AvgIpc) is 2.44. The van der Waals surface area contributed by atoms with E-state index in [1.165, 1.54) is 12.8 Å². The molecule has 0 aromatic heterocycles. The maximum atomic E-state index is 13.9. The molecule has 0 spiro atoms. The zero-order chi connectivity index (χ0) is 14.4. The summed E-state index contributed by atoms with van der Waals surface area (Å²) in [5.74, 6) is 0.599. The van der Waals surface area contributed by atoms with Gasteiger partial charge in [0, 0.05) is 23.1 Å². The predicted octanol–water partition coefficient (Wildman–Crippen LogP) is 3.80. The molecule has 1 aliphatic heterocycles. The van der Waals surface area contributed by atoms with Crippen LogP contribution in [0.25, 0.3) is 0 Å². The minimum atomic E-state index is -0.101. The van der Waals surface area contributed by atoms with Gasteiger partial charge in [-0.3, -0.25) is 4.90 Å². The zero-order valence-corrected chi connectivity index (χ0v) is 13.8. The van der Waals surface area contributed by atoms with Gasteiger partial charge < -0.3 is 5.32 Å². The molecule has 0 radical (unpaired) electrons. The van der Waals surface area contributed by atoms with Gasteiger partial charge in [0.2, 0.25) is 0 Å². The summed E-state index contributed by atoms with van der Waals surface area (Å²) < 4.78 is 14.8. The van der Waals surface area contributed by atoms with Crippen LogP contribution < -0.4 is 5.32 Å². The first-order valence-corrected chi connectivity index (χ1v) is 8.35. The highest BCUT2D eigenvalue weighted by Gasteiger charge is 2.17. The fraction of sp³-hybridized carbons (Fsp3) is 0.625. The van der Waals surface area contributed by atoms with Gasteiger partial charge in [-0.25, -0.2) is 4.39 Å². The van der Waals surface area contributed by atoms with Crippen LogP contribution in [0.15, 0.2) is 22.7 Å². The maximum absolute atomic E-state index is 13.9. The van der Waals surface area contributed by atoms with E-state index in [0.717, 1.165) is 42.6 Å². The number of hydrogen-bond acceptors (Lipinski definition) is 2. The van der Waals surface area contributed by atoms with Crippen molar-refractivity contribution >= 4 is 15.9 Å². The molecule has 0 amide bonds. The third-order valence-corrected chi connectivity index (χ3v) is 4.35. The van der Waals surface area contributed by atoms with Gasteiger partial charge in [0.25, 0.3) is 0 Å². The molecule has 112 valence electrons. The molecular weight excluding hydrogens is 319 g/mol. The van der Waals surface area contributed by atoms with E-state index in [9.17, 15) is 4.39 Å². The van der Waals surface area contributed by atoms with Crippen LogP contribution >= 0.6 is 15.9 Å². The van der Waals surface area contributed by atoms with Crippen LogP contribution in [0.4, 0.5) is 4.39 Å². The number of halogens is 2. The Balaban J connectivity index is 1.98. The third kappa shape index (κ3) is 4.83. The van der Waals surface area contributed by atoms with E-state index < -0.39 is 0 Å². The second-order valence-corrected chi connectivity index (χ2v) is 6.60. The largest absolute Gasteiger partial charge is 0.316 e. The molecule has 1 saturated heterocycles. The van der Waals surface area contributed by atoms with Crippen LogP contribution in [0.1, 0.15) is 31.7 Å². The minimum Gasteiger partial charge on any atom is -0.316 e. The summed E-state index contributed by atoms with van der Waals surface area (Å²) in [7, 11) is 0. The smallest absolute Gasteiger partial charge is 0.127 e. The van der Waals surface area contributed by atoms with E-state index in [0.29, 0.717) is 12.5 Å². The molecule has 4 heteroatoms. The molecule has 1 N–H and O–H groups in total. The van der Waals surface area contributed by atoms with Gasteiger partial charge in [0.05, 0.1) is 0 Å². The minimum absolute atomic E-state index is 0.101. The van der Waals surface area contributed by atoms with Crippen LogP contribution in [0.2, 0.25) is 0 Å². The van der Waals surface area contributed by atoms with Crippen molar-refractivity contribution in [2.24, 2.45) is 5.92 Å². The normalized spacial score (nSPS) is 19.5. The summed E-state index contributed by atoms with van der Waals surface area (Å²) >= 11 is 3.43. The van der Waals surface area contributed by atoms with Crippen molar-refractivity contribution in [2.75, 3.05) is 26.2 Å². The molecule has 1 unspecified atom stereocenters. The molecule has 1 fully saturated rings. The number of rotatable bonds is 6. The monoisotopic (exact) mass is 342 g/mol. The van der Waals surface area contributed by atoms with Gasteiger partial charge in [0.1, 0.15) is 5.82 Å². The van der Waals surface area contributed by atoms with E-state index in [-0.39, 0.29) is 5.82 Å². The van der Waals surface area contributed by atoms with Gasteiger partial charge in [-0.15, -0.1) is 0 Å². The zero-order valence-electron chi connectivity index (χ0n) is 12.2. The van der Waals surface area contributed by atoms with E-state index in [2.05, 4.69) is 33.1 Å². The Morgan fingerprint density at radius 3 is 3.00 bits per heavy atom. The molecular formula is C16H24BrFN2. The topological polar surface area (TPSA) is 15.3 Å². The summed E-state index contributed by atoms with van der Waals surface area (Å²) in [5.41, 5.74) is 0.789. The first-order valence-electron chi connectivity index (χ1n) is 7.56. The molecule has 0 bridgehead atoms. The van der Waals surface area contributed by atoms with Crippen molar-refractivity contribution in [2.45, 2.75) is 32.7 Å². The second kappa shape index (κ2) is 8.11. The van der Waals surface area contributed by atoms with E-state index in [1.54, 1.807) is 12.1 Å².